The Morgan fingerprint density at radius 3 is 1.93 bits per heavy atom. The Morgan fingerprint density at radius 2 is 1.79 bits per heavy atom. The molecule has 0 aliphatic carbocycles. The molecule has 14 heavy (non-hydrogen) atoms. The molecular weight excluding hydrogens is 271 g/mol. The maximum Gasteiger partial charge on any atom is 0.352 e. The van der Waals surface area contributed by atoms with E-state index in [1.54, 1.807) is 6.92 Å². The molecule has 6 heteroatoms. The van der Waals surface area contributed by atoms with E-state index in [1.165, 1.54) is 3.93 Å². The van der Waals surface area contributed by atoms with E-state index in [2.05, 4.69) is 16.1 Å². The Balaban J connectivity index is 3.25. The van der Waals surface area contributed by atoms with Crippen LogP contribution in [0.25, 0.3) is 0 Å². The van der Waals surface area contributed by atoms with Crippen LogP contribution in [0.3, 0.4) is 0 Å². The lowest BCUT2D eigenvalue weighted by Gasteiger charge is -2.38. The SMILES string of the molecule is CC(C)(C)C1(C)C(=O)N(Cl)C(=O)N1Br. The summed E-state index contributed by atoms with van der Waals surface area (Å²) in [7, 11) is 0. The third-order valence-corrected chi connectivity index (χ3v) is 4.09. The summed E-state index contributed by atoms with van der Waals surface area (Å²) >= 11 is 8.64. The molecule has 1 aliphatic heterocycles. The standard InChI is InChI=1S/C8H12BrClN2O2/c1-7(2,3)8(4)5(13)11(10)6(14)12(8)9/h1-4H3. The molecule has 0 bridgehead atoms. The number of carbonyl (C=O) groups is 2. The second kappa shape index (κ2) is 3.10. The molecule has 80 valence electrons. The third-order valence-electron chi connectivity index (χ3n) is 2.78. The Kier molecular flexibility index (Phi) is 2.61. The van der Waals surface area contributed by atoms with Crippen LogP contribution in [0.15, 0.2) is 0 Å². The summed E-state index contributed by atoms with van der Waals surface area (Å²) in [5, 5.41) is 0. The predicted octanol–water partition coefficient (Wildman–Crippen LogP) is 2.52. The zero-order valence-electron chi connectivity index (χ0n) is 8.47. The van der Waals surface area contributed by atoms with Crippen LogP contribution in [0, 0.1) is 5.41 Å². The highest BCUT2D eigenvalue weighted by molar-refractivity contribution is 9.07. The Morgan fingerprint density at radius 1 is 1.36 bits per heavy atom. The number of hydrogen-bond acceptors (Lipinski definition) is 2. The van der Waals surface area contributed by atoms with Crippen LogP contribution in [0.1, 0.15) is 27.7 Å². The van der Waals surface area contributed by atoms with Gasteiger partial charge in [0.25, 0.3) is 5.91 Å². The lowest BCUT2D eigenvalue weighted by atomic mass is 9.75. The van der Waals surface area contributed by atoms with Crippen molar-refractivity contribution in [1.82, 2.24) is 8.34 Å². The molecular formula is C8H12BrClN2O2. The van der Waals surface area contributed by atoms with Crippen LogP contribution in [0.5, 0.6) is 0 Å². The number of hydrogen-bond donors (Lipinski definition) is 0. The number of rotatable bonds is 0. The first-order chi connectivity index (χ1) is 6.14. The van der Waals surface area contributed by atoms with Crippen LogP contribution in [0.4, 0.5) is 4.79 Å². The molecule has 3 amide bonds. The molecule has 1 rings (SSSR count). The summed E-state index contributed by atoms with van der Waals surface area (Å²) in [5.41, 5.74) is -1.35. The van der Waals surface area contributed by atoms with Gasteiger partial charge in [0.1, 0.15) is 5.54 Å². The van der Waals surface area contributed by atoms with Gasteiger partial charge in [-0.3, -0.25) is 4.79 Å². The Bertz CT molecular complexity index is 302. The first-order valence-corrected chi connectivity index (χ1v) is 5.19. The molecule has 0 aromatic rings. The molecule has 1 heterocycles. The smallest absolute Gasteiger partial charge is 0.270 e. The first-order valence-electron chi connectivity index (χ1n) is 4.14. The van der Waals surface area contributed by atoms with Gasteiger partial charge in [-0.15, -0.1) is 0 Å². The van der Waals surface area contributed by atoms with Crippen LogP contribution < -0.4 is 0 Å². The fraction of sp³-hybridized carbons (Fsp3) is 0.750. The number of imide groups is 1. The summed E-state index contributed by atoms with van der Waals surface area (Å²) in [5.74, 6) is -0.409. The molecule has 0 spiro atoms. The minimum Gasteiger partial charge on any atom is -0.270 e. The maximum absolute atomic E-state index is 11.8. The molecule has 4 nitrogen and oxygen atoms in total. The van der Waals surface area contributed by atoms with Crippen LogP contribution in [-0.4, -0.2) is 25.8 Å². The number of urea groups is 1. The van der Waals surface area contributed by atoms with Crippen molar-refractivity contribution in [3.63, 3.8) is 0 Å². The predicted molar refractivity (Wildman–Crippen MR) is 56.7 cm³/mol. The largest absolute Gasteiger partial charge is 0.352 e. The van der Waals surface area contributed by atoms with E-state index >= 15 is 0 Å². The van der Waals surface area contributed by atoms with Gasteiger partial charge in [-0.05, 0) is 12.3 Å². The fourth-order valence-corrected chi connectivity index (χ4v) is 2.42. The molecule has 1 aliphatic rings. The van der Waals surface area contributed by atoms with E-state index in [9.17, 15) is 9.59 Å². The zero-order chi connectivity index (χ0) is 11.3. The molecule has 1 fully saturated rings. The van der Waals surface area contributed by atoms with Gasteiger partial charge >= 0.3 is 6.03 Å². The van der Waals surface area contributed by atoms with Gasteiger partial charge in [-0.2, -0.15) is 4.42 Å². The van der Waals surface area contributed by atoms with Crippen molar-refractivity contribution in [2.24, 2.45) is 5.41 Å². The van der Waals surface area contributed by atoms with Crippen molar-refractivity contribution in [3.05, 3.63) is 0 Å². The van der Waals surface area contributed by atoms with E-state index in [0.29, 0.717) is 4.42 Å². The van der Waals surface area contributed by atoms with Gasteiger partial charge in [0.15, 0.2) is 0 Å². The lowest BCUT2D eigenvalue weighted by molar-refractivity contribution is -0.132. The quantitative estimate of drug-likeness (QED) is 0.506. The molecule has 0 aromatic carbocycles. The zero-order valence-corrected chi connectivity index (χ0v) is 10.8. The average molecular weight is 284 g/mol. The van der Waals surface area contributed by atoms with Crippen molar-refractivity contribution in [2.45, 2.75) is 33.2 Å². The normalized spacial score (nSPS) is 29.0. The summed E-state index contributed by atoms with van der Waals surface area (Å²) in [6.45, 7) is 7.32. The first kappa shape index (κ1) is 11.8. The lowest BCUT2D eigenvalue weighted by Crippen LogP contribution is -2.52. The molecule has 0 N–H and O–H groups in total. The van der Waals surface area contributed by atoms with Crippen LogP contribution >= 0.6 is 27.9 Å². The van der Waals surface area contributed by atoms with Gasteiger partial charge in [-0.1, -0.05) is 20.8 Å². The summed E-state index contributed by atoms with van der Waals surface area (Å²) in [6.07, 6.45) is 0. The minimum absolute atomic E-state index is 0.396. The number of amides is 3. The van der Waals surface area contributed by atoms with E-state index in [1.807, 2.05) is 20.8 Å². The molecule has 1 saturated heterocycles. The molecule has 0 aromatic heterocycles. The highest BCUT2D eigenvalue weighted by Crippen LogP contribution is 2.44. The van der Waals surface area contributed by atoms with Crippen molar-refractivity contribution >= 4 is 39.9 Å². The van der Waals surface area contributed by atoms with Crippen LogP contribution in [0.2, 0.25) is 0 Å². The molecule has 1 atom stereocenters. The van der Waals surface area contributed by atoms with Crippen molar-refractivity contribution < 1.29 is 9.59 Å². The Labute approximate surface area is 96.6 Å². The van der Waals surface area contributed by atoms with Gasteiger partial charge in [0.2, 0.25) is 0 Å². The summed E-state index contributed by atoms with van der Waals surface area (Å²) < 4.78 is 1.81. The minimum atomic E-state index is -0.953. The van der Waals surface area contributed by atoms with E-state index in [0.717, 1.165) is 0 Å². The summed E-state index contributed by atoms with van der Waals surface area (Å²) in [4.78, 5) is 23.2. The number of carbonyl (C=O) groups excluding carboxylic acids is 2. The molecule has 1 unspecified atom stereocenters. The van der Waals surface area contributed by atoms with E-state index in [4.69, 9.17) is 11.8 Å². The van der Waals surface area contributed by atoms with Gasteiger partial charge in [-0.25, -0.2) is 8.72 Å². The molecule has 0 saturated carbocycles. The average Bonchev–Trinajstić information content (AvgIpc) is 2.21. The maximum atomic E-state index is 11.8. The van der Waals surface area contributed by atoms with Crippen molar-refractivity contribution in [1.29, 1.82) is 0 Å². The van der Waals surface area contributed by atoms with E-state index < -0.39 is 22.9 Å². The van der Waals surface area contributed by atoms with Gasteiger partial charge in [0.05, 0.1) is 16.1 Å². The summed E-state index contributed by atoms with van der Waals surface area (Å²) in [6, 6.07) is -0.547. The third kappa shape index (κ3) is 1.26. The van der Waals surface area contributed by atoms with Gasteiger partial charge in [0, 0.05) is 11.8 Å². The van der Waals surface area contributed by atoms with Gasteiger partial charge < -0.3 is 0 Å². The highest BCUT2D eigenvalue weighted by atomic mass is 79.9. The molecule has 0 radical (unpaired) electrons. The van der Waals surface area contributed by atoms with Crippen LogP contribution in [-0.2, 0) is 4.79 Å². The van der Waals surface area contributed by atoms with Crippen molar-refractivity contribution in [2.75, 3.05) is 0 Å². The fourth-order valence-electron chi connectivity index (χ4n) is 1.25. The monoisotopic (exact) mass is 282 g/mol. The van der Waals surface area contributed by atoms with E-state index in [-0.39, 0.29) is 0 Å². The second-order valence-corrected chi connectivity index (χ2v) is 5.52. The highest BCUT2D eigenvalue weighted by Gasteiger charge is 2.59. The Hall–Kier alpha value is -0.290. The topological polar surface area (TPSA) is 40.6 Å². The number of nitrogens with zero attached hydrogens (tertiary/aromatic N) is 2. The van der Waals surface area contributed by atoms with Crippen molar-refractivity contribution in [3.8, 4) is 0 Å². The second-order valence-electron chi connectivity index (χ2n) is 4.47. The number of halogens is 2.